The molecule has 1 aliphatic heterocycles. The first-order valence-corrected chi connectivity index (χ1v) is 9.57. The van der Waals surface area contributed by atoms with Crippen molar-refractivity contribution in [2.75, 3.05) is 17.8 Å². The molecule has 0 bridgehead atoms. The normalized spacial score (nSPS) is 15.5. The number of piperidine rings is 1. The SMILES string of the molecule is O=C(NC1CCNCC1)c1ccc(S(=O)(=O)Nc2ccncc2)cc1. The fourth-order valence-electron chi connectivity index (χ4n) is 2.65. The molecular weight excluding hydrogens is 340 g/mol. The van der Waals surface area contributed by atoms with Crippen LogP contribution in [0.25, 0.3) is 0 Å². The van der Waals surface area contributed by atoms with Crippen molar-refractivity contribution in [3.63, 3.8) is 0 Å². The van der Waals surface area contributed by atoms with Gasteiger partial charge in [0.2, 0.25) is 0 Å². The molecule has 3 N–H and O–H groups in total. The third-order valence-electron chi connectivity index (χ3n) is 4.03. The van der Waals surface area contributed by atoms with Gasteiger partial charge in [-0.1, -0.05) is 0 Å². The molecule has 1 aromatic heterocycles. The second kappa shape index (κ2) is 7.62. The average Bonchev–Trinajstić information content (AvgIpc) is 2.63. The van der Waals surface area contributed by atoms with E-state index >= 15 is 0 Å². The largest absolute Gasteiger partial charge is 0.349 e. The molecule has 0 atom stereocenters. The highest BCUT2D eigenvalue weighted by molar-refractivity contribution is 7.92. The van der Waals surface area contributed by atoms with Gasteiger partial charge in [0.15, 0.2) is 0 Å². The van der Waals surface area contributed by atoms with E-state index in [-0.39, 0.29) is 16.8 Å². The third kappa shape index (κ3) is 4.55. The lowest BCUT2D eigenvalue weighted by Gasteiger charge is -2.23. The van der Waals surface area contributed by atoms with Crippen molar-refractivity contribution >= 4 is 21.6 Å². The Labute approximate surface area is 146 Å². The van der Waals surface area contributed by atoms with Gasteiger partial charge in [-0.25, -0.2) is 8.42 Å². The Morgan fingerprint density at radius 2 is 1.68 bits per heavy atom. The maximum Gasteiger partial charge on any atom is 0.261 e. The van der Waals surface area contributed by atoms with E-state index in [4.69, 9.17) is 0 Å². The van der Waals surface area contributed by atoms with Gasteiger partial charge in [0.25, 0.3) is 15.9 Å². The Balaban J connectivity index is 1.67. The highest BCUT2D eigenvalue weighted by Crippen LogP contribution is 2.16. The molecule has 2 aromatic rings. The Morgan fingerprint density at radius 3 is 2.32 bits per heavy atom. The molecule has 1 aromatic carbocycles. The predicted octanol–water partition coefficient (Wildman–Crippen LogP) is 1.36. The summed E-state index contributed by atoms with van der Waals surface area (Å²) in [6, 6.07) is 9.21. The van der Waals surface area contributed by atoms with Gasteiger partial charge in [-0.15, -0.1) is 0 Å². The van der Waals surface area contributed by atoms with E-state index in [1.807, 2.05) is 0 Å². The quantitative estimate of drug-likeness (QED) is 0.748. The predicted molar refractivity (Wildman–Crippen MR) is 94.8 cm³/mol. The van der Waals surface area contributed by atoms with Crippen LogP contribution in [0, 0.1) is 0 Å². The first-order chi connectivity index (χ1) is 12.0. The van der Waals surface area contributed by atoms with Crippen molar-refractivity contribution in [2.45, 2.75) is 23.8 Å². The molecule has 1 amide bonds. The Hall–Kier alpha value is -2.45. The Bertz CT molecular complexity index is 817. The fraction of sp³-hybridized carbons (Fsp3) is 0.294. The van der Waals surface area contributed by atoms with Crippen molar-refractivity contribution < 1.29 is 13.2 Å². The number of benzene rings is 1. The number of carbonyl (C=O) groups excluding carboxylic acids is 1. The monoisotopic (exact) mass is 360 g/mol. The summed E-state index contributed by atoms with van der Waals surface area (Å²) in [5.41, 5.74) is 0.879. The van der Waals surface area contributed by atoms with Gasteiger partial charge < -0.3 is 10.6 Å². The van der Waals surface area contributed by atoms with Crippen LogP contribution in [0.3, 0.4) is 0 Å². The summed E-state index contributed by atoms with van der Waals surface area (Å²) in [5.74, 6) is -0.182. The van der Waals surface area contributed by atoms with Gasteiger partial charge in [-0.2, -0.15) is 0 Å². The number of hydrogen-bond acceptors (Lipinski definition) is 5. The Morgan fingerprint density at radius 1 is 1.04 bits per heavy atom. The van der Waals surface area contributed by atoms with Crippen molar-refractivity contribution in [2.24, 2.45) is 0 Å². The number of nitrogens with one attached hydrogen (secondary N) is 3. The number of aromatic nitrogens is 1. The Kier molecular flexibility index (Phi) is 5.30. The second-order valence-electron chi connectivity index (χ2n) is 5.86. The molecule has 0 aliphatic carbocycles. The van der Waals surface area contributed by atoms with E-state index in [2.05, 4.69) is 20.3 Å². The number of carbonyl (C=O) groups is 1. The van der Waals surface area contributed by atoms with Gasteiger partial charge in [0.1, 0.15) is 0 Å². The van der Waals surface area contributed by atoms with E-state index in [1.54, 1.807) is 12.1 Å². The highest BCUT2D eigenvalue weighted by Gasteiger charge is 2.18. The minimum Gasteiger partial charge on any atom is -0.349 e. The van der Waals surface area contributed by atoms with Crippen molar-refractivity contribution in [3.8, 4) is 0 Å². The van der Waals surface area contributed by atoms with E-state index in [1.165, 1.54) is 36.7 Å². The molecule has 0 spiro atoms. The number of amides is 1. The number of nitrogens with zero attached hydrogens (tertiary/aromatic N) is 1. The number of anilines is 1. The van der Waals surface area contributed by atoms with Gasteiger partial charge in [-0.3, -0.25) is 14.5 Å². The maximum atomic E-state index is 12.4. The van der Waals surface area contributed by atoms with Crippen LogP contribution in [0.2, 0.25) is 0 Å². The van der Waals surface area contributed by atoms with Crippen LogP contribution in [-0.4, -0.2) is 38.4 Å². The molecule has 1 saturated heterocycles. The molecule has 0 unspecified atom stereocenters. The number of sulfonamides is 1. The number of rotatable bonds is 5. The average molecular weight is 360 g/mol. The first-order valence-electron chi connectivity index (χ1n) is 8.09. The summed E-state index contributed by atoms with van der Waals surface area (Å²) in [6.07, 6.45) is 4.81. The van der Waals surface area contributed by atoms with Gasteiger partial charge >= 0.3 is 0 Å². The van der Waals surface area contributed by atoms with Gasteiger partial charge in [-0.05, 0) is 62.3 Å². The van der Waals surface area contributed by atoms with Crippen LogP contribution in [0.4, 0.5) is 5.69 Å². The first kappa shape index (κ1) is 17.4. The molecular formula is C17H20N4O3S. The van der Waals surface area contributed by atoms with Crippen LogP contribution >= 0.6 is 0 Å². The van der Waals surface area contributed by atoms with Gasteiger partial charge in [0.05, 0.1) is 10.6 Å². The number of hydrogen-bond donors (Lipinski definition) is 3. The molecule has 8 heteroatoms. The minimum absolute atomic E-state index is 0.0997. The summed E-state index contributed by atoms with van der Waals surface area (Å²) < 4.78 is 27.2. The summed E-state index contributed by atoms with van der Waals surface area (Å²) in [5, 5.41) is 6.23. The van der Waals surface area contributed by atoms with Crippen molar-refractivity contribution in [3.05, 3.63) is 54.4 Å². The van der Waals surface area contributed by atoms with Crippen LogP contribution in [0.15, 0.2) is 53.7 Å². The summed E-state index contributed by atoms with van der Waals surface area (Å²) in [6.45, 7) is 1.78. The van der Waals surface area contributed by atoms with Crippen LogP contribution < -0.4 is 15.4 Å². The molecule has 0 radical (unpaired) electrons. The van der Waals surface area contributed by atoms with Crippen molar-refractivity contribution in [1.29, 1.82) is 0 Å². The fourth-order valence-corrected chi connectivity index (χ4v) is 3.71. The highest BCUT2D eigenvalue weighted by atomic mass is 32.2. The molecule has 1 fully saturated rings. The van der Waals surface area contributed by atoms with Crippen LogP contribution in [0.5, 0.6) is 0 Å². The molecule has 2 heterocycles. The topological polar surface area (TPSA) is 100 Å². The van der Waals surface area contributed by atoms with E-state index in [0.717, 1.165) is 25.9 Å². The lowest BCUT2D eigenvalue weighted by Crippen LogP contribution is -2.42. The second-order valence-corrected chi connectivity index (χ2v) is 7.55. The molecule has 3 rings (SSSR count). The van der Waals surface area contributed by atoms with Gasteiger partial charge in [0, 0.05) is 24.0 Å². The molecule has 132 valence electrons. The zero-order valence-electron chi connectivity index (χ0n) is 13.6. The summed E-state index contributed by atoms with van der Waals surface area (Å²) in [7, 11) is -3.70. The molecule has 25 heavy (non-hydrogen) atoms. The maximum absolute atomic E-state index is 12.4. The van der Waals surface area contributed by atoms with Crippen molar-refractivity contribution in [1.82, 2.24) is 15.6 Å². The van der Waals surface area contributed by atoms with E-state index in [9.17, 15) is 13.2 Å². The zero-order chi connectivity index (χ0) is 17.7. The lowest BCUT2D eigenvalue weighted by atomic mass is 10.1. The van der Waals surface area contributed by atoms with E-state index < -0.39 is 10.0 Å². The molecule has 0 saturated carbocycles. The van der Waals surface area contributed by atoms with Crippen LogP contribution in [0.1, 0.15) is 23.2 Å². The molecule has 1 aliphatic rings. The minimum atomic E-state index is -3.70. The zero-order valence-corrected chi connectivity index (χ0v) is 14.4. The summed E-state index contributed by atoms with van der Waals surface area (Å²) >= 11 is 0. The number of pyridine rings is 1. The standard InChI is InChI=1S/C17H20N4O3S/c22-17(20-14-5-9-18-10-6-14)13-1-3-16(4-2-13)25(23,24)21-15-7-11-19-12-8-15/h1-4,7-8,11-12,14,18H,5-6,9-10H2,(H,19,21)(H,20,22). The van der Waals surface area contributed by atoms with Crippen LogP contribution in [-0.2, 0) is 10.0 Å². The molecule has 7 nitrogen and oxygen atoms in total. The smallest absolute Gasteiger partial charge is 0.261 e. The lowest BCUT2D eigenvalue weighted by molar-refractivity contribution is 0.0929. The van der Waals surface area contributed by atoms with E-state index in [0.29, 0.717) is 11.3 Å². The third-order valence-corrected chi connectivity index (χ3v) is 5.43. The summed E-state index contributed by atoms with van der Waals surface area (Å²) in [4.78, 5) is 16.2.